The molecule has 1 saturated heterocycles. The van der Waals surface area contributed by atoms with E-state index in [1.165, 1.54) is 23.8 Å². The van der Waals surface area contributed by atoms with Crippen LogP contribution in [0.4, 0.5) is 11.4 Å². The molecule has 2 aliphatic rings. The van der Waals surface area contributed by atoms with Gasteiger partial charge in [-0.3, -0.25) is 19.2 Å². The summed E-state index contributed by atoms with van der Waals surface area (Å²) in [6.07, 6.45) is 0. The summed E-state index contributed by atoms with van der Waals surface area (Å²) in [7, 11) is 1.49. The van der Waals surface area contributed by atoms with E-state index in [1.54, 1.807) is 30.3 Å². The first-order valence-electron chi connectivity index (χ1n) is 14.2. The topological polar surface area (TPSA) is 118 Å². The first kappa shape index (κ1) is 28.9. The monoisotopic (exact) mass is 637 g/mol. The van der Waals surface area contributed by atoms with E-state index in [9.17, 15) is 19.2 Å². The molecule has 0 aliphatic carbocycles. The number of amides is 3. The molecule has 1 fully saturated rings. The zero-order chi connectivity index (χ0) is 31.2. The molecule has 11 heteroatoms. The summed E-state index contributed by atoms with van der Waals surface area (Å²) in [5.74, 6) is -1.57. The van der Waals surface area contributed by atoms with Crippen LogP contribution in [0.5, 0.6) is 11.5 Å². The molecule has 2 aliphatic heterocycles. The Bertz CT molecular complexity index is 2040. The van der Waals surface area contributed by atoms with Crippen molar-refractivity contribution < 1.29 is 23.9 Å². The first-order chi connectivity index (χ1) is 21.8. The first-order valence-corrected chi connectivity index (χ1v) is 15.9. The van der Waals surface area contributed by atoms with E-state index in [4.69, 9.17) is 9.47 Å². The van der Waals surface area contributed by atoms with Crippen molar-refractivity contribution in [2.24, 2.45) is 5.92 Å². The third-order valence-corrected chi connectivity index (χ3v) is 10.5. The van der Waals surface area contributed by atoms with Crippen LogP contribution >= 0.6 is 23.1 Å². The van der Waals surface area contributed by atoms with E-state index < -0.39 is 17.1 Å². The molecule has 0 bridgehead atoms. The number of thiazole rings is 1. The molecule has 0 radical (unpaired) electrons. The highest BCUT2D eigenvalue weighted by molar-refractivity contribution is 8.00. The molecular weight excluding hydrogens is 611 g/mol. The van der Waals surface area contributed by atoms with E-state index in [0.29, 0.717) is 38.3 Å². The number of H-pyrrole nitrogens is 1. The van der Waals surface area contributed by atoms with E-state index >= 15 is 0 Å². The second kappa shape index (κ2) is 11.6. The minimum atomic E-state index is -0.730. The molecule has 0 unspecified atom stereocenters. The number of carbonyl (C=O) groups is 3. The number of methoxy groups -OCH3 is 1. The highest BCUT2D eigenvalue weighted by atomic mass is 32.2. The van der Waals surface area contributed by atoms with Gasteiger partial charge in [0.15, 0.2) is 18.1 Å². The Hall–Kier alpha value is -4.87. The third kappa shape index (κ3) is 5.27. The number of nitrogens with one attached hydrogen (secondary N) is 2. The van der Waals surface area contributed by atoms with Crippen LogP contribution in [-0.2, 0) is 14.4 Å². The van der Waals surface area contributed by atoms with Gasteiger partial charge in [0, 0.05) is 16.5 Å². The lowest BCUT2D eigenvalue weighted by Gasteiger charge is -2.30. The van der Waals surface area contributed by atoms with Crippen molar-refractivity contribution in [3.05, 3.63) is 111 Å². The second-order valence-corrected chi connectivity index (χ2v) is 13.1. The van der Waals surface area contributed by atoms with Crippen molar-refractivity contribution in [1.82, 2.24) is 4.98 Å². The Morgan fingerprint density at radius 3 is 2.47 bits per heavy atom. The number of aromatic amines is 1. The maximum Gasteiger partial charge on any atom is 0.305 e. The van der Waals surface area contributed by atoms with Gasteiger partial charge >= 0.3 is 4.87 Å². The van der Waals surface area contributed by atoms with Crippen LogP contribution < -0.4 is 24.6 Å². The molecule has 0 spiro atoms. The number of fused-ring (bicyclic) bond motifs is 3. The van der Waals surface area contributed by atoms with Crippen molar-refractivity contribution in [1.29, 1.82) is 0 Å². The largest absolute Gasteiger partial charge is 0.493 e. The van der Waals surface area contributed by atoms with Crippen LogP contribution in [0.2, 0.25) is 0 Å². The van der Waals surface area contributed by atoms with E-state index in [0.717, 1.165) is 27.7 Å². The molecule has 3 heterocycles. The fraction of sp³-hybridized carbons (Fsp3) is 0.176. The number of hydrogen-bond acceptors (Lipinski definition) is 8. The SMILES string of the molecule is COc1cc([C@@H]2c3sc(=O)[nH]c3S[C@H]3C(=O)N(c4ccc(C)cc4)C(=O)[C@@H]23)ccc1OCC(=O)Nc1ccc2ccccc2c1. The Labute approximate surface area is 266 Å². The van der Waals surface area contributed by atoms with Gasteiger partial charge in [0.1, 0.15) is 5.25 Å². The Morgan fingerprint density at radius 2 is 1.69 bits per heavy atom. The van der Waals surface area contributed by atoms with Gasteiger partial charge in [-0.15, -0.1) is 0 Å². The summed E-state index contributed by atoms with van der Waals surface area (Å²) in [6, 6.07) is 26.0. The predicted octanol–water partition coefficient (Wildman–Crippen LogP) is 5.72. The molecule has 5 aromatic rings. The molecule has 45 heavy (non-hydrogen) atoms. The molecule has 4 aromatic carbocycles. The quantitative estimate of drug-likeness (QED) is 0.219. The van der Waals surface area contributed by atoms with Crippen LogP contribution in [0.1, 0.15) is 21.9 Å². The van der Waals surface area contributed by atoms with Crippen molar-refractivity contribution in [3.63, 3.8) is 0 Å². The molecule has 3 amide bonds. The minimum Gasteiger partial charge on any atom is -0.493 e. The number of nitrogens with zero attached hydrogens (tertiary/aromatic N) is 1. The summed E-state index contributed by atoms with van der Waals surface area (Å²) in [5, 5.41) is 4.83. The second-order valence-electron chi connectivity index (χ2n) is 10.9. The smallest absolute Gasteiger partial charge is 0.305 e. The van der Waals surface area contributed by atoms with Gasteiger partial charge in [0.25, 0.3) is 5.91 Å². The molecule has 3 atom stereocenters. The van der Waals surface area contributed by atoms with E-state index in [-0.39, 0.29) is 29.2 Å². The Balaban J connectivity index is 1.15. The highest BCUT2D eigenvalue weighted by Gasteiger charge is 2.56. The molecule has 1 aromatic heterocycles. The van der Waals surface area contributed by atoms with Crippen LogP contribution in [0.15, 0.2) is 94.7 Å². The lowest BCUT2D eigenvalue weighted by molar-refractivity contribution is -0.122. The van der Waals surface area contributed by atoms with E-state index in [2.05, 4.69) is 10.3 Å². The number of ether oxygens (including phenoxy) is 2. The van der Waals surface area contributed by atoms with Crippen LogP contribution in [0.3, 0.4) is 0 Å². The number of imide groups is 1. The Kier molecular flexibility index (Phi) is 7.42. The lowest BCUT2D eigenvalue weighted by atomic mass is 9.83. The summed E-state index contributed by atoms with van der Waals surface area (Å²) in [4.78, 5) is 57.4. The van der Waals surface area contributed by atoms with Gasteiger partial charge in [0.05, 0.1) is 23.7 Å². The standard InChI is InChI=1S/C34H27N3O6S2/c1-18-7-12-23(13-8-18)37-32(39)28-27(29-31(36-34(41)45-29)44-30(28)33(37)40)21-10-14-24(25(16-21)42-2)43-17-26(38)35-22-11-9-19-5-3-4-6-20(19)15-22/h3-16,27-28,30H,17H2,1-2H3,(H,35,38)(H,36,41)/t27-,28-,30+/m0/s1. The molecule has 2 N–H and O–H groups in total. The number of thioether (sulfide) groups is 1. The van der Waals surface area contributed by atoms with Gasteiger partial charge in [-0.2, -0.15) is 0 Å². The van der Waals surface area contributed by atoms with Crippen molar-refractivity contribution in [3.8, 4) is 11.5 Å². The highest BCUT2D eigenvalue weighted by Crippen LogP contribution is 2.53. The number of anilines is 2. The maximum atomic E-state index is 14.0. The van der Waals surface area contributed by atoms with Gasteiger partial charge in [-0.1, -0.05) is 77.2 Å². The van der Waals surface area contributed by atoms with Crippen molar-refractivity contribution in [2.45, 2.75) is 23.1 Å². The predicted molar refractivity (Wildman–Crippen MR) is 175 cm³/mol. The summed E-state index contributed by atoms with van der Waals surface area (Å²) >= 11 is 2.27. The average molecular weight is 638 g/mol. The van der Waals surface area contributed by atoms with Gasteiger partial charge in [0.2, 0.25) is 11.8 Å². The number of benzene rings is 4. The fourth-order valence-electron chi connectivity index (χ4n) is 5.93. The molecule has 226 valence electrons. The van der Waals surface area contributed by atoms with Crippen LogP contribution in [-0.4, -0.2) is 41.7 Å². The average Bonchev–Trinajstić information content (AvgIpc) is 3.54. The minimum absolute atomic E-state index is 0.253. The van der Waals surface area contributed by atoms with Crippen LogP contribution in [0.25, 0.3) is 10.8 Å². The number of aryl methyl sites for hydroxylation is 1. The van der Waals surface area contributed by atoms with Gasteiger partial charge in [-0.05, 0) is 59.7 Å². The number of aromatic nitrogens is 1. The summed E-state index contributed by atoms with van der Waals surface area (Å²) in [6.45, 7) is 1.69. The molecule has 7 rings (SSSR count). The summed E-state index contributed by atoms with van der Waals surface area (Å²) < 4.78 is 11.5. The third-order valence-electron chi connectivity index (χ3n) is 8.05. The number of hydrogen-bond donors (Lipinski definition) is 2. The maximum absolute atomic E-state index is 14.0. The van der Waals surface area contributed by atoms with Gasteiger partial charge in [-0.25, -0.2) is 4.90 Å². The molecule has 0 saturated carbocycles. The fourth-order valence-corrected chi connectivity index (χ4v) is 8.44. The zero-order valence-corrected chi connectivity index (χ0v) is 25.9. The number of carbonyl (C=O) groups excluding carboxylic acids is 3. The Morgan fingerprint density at radius 1 is 0.911 bits per heavy atom. The summed E-state index contributed by atoms with van der Waals surface area (Å²) in [5.41, 5.74) is 2.89. The van der Waals surface area contributed by atoms with Crippen molar-refractivity contribution >= 4 is 63.0 Å². The zero-order valence-electron chi connectivity index (χ0n) is 24.2. The molecule has 9 nitrogen and oxygen atoms in total. The normalized spacial score (nSPS) is 18.9. The van der Waals surface area contributed by atoms with E-state index in [1.807, 2.05) is 61.5 Å². The van der Waals surface area contributed by atoms with Crippen LogP contribution in [0, 0.1) is 12.8 Å². The van der Waals surface area contributed by atoms with Crippen molar-refractivity contribution in [2.75, 3.05) is 23.9 Å². The number of rotatable bonds is 7. The van der Waals surface area contributed by atoms with Gasteiger partial charge < -0.3 is 19.8 Å². The lowest BCUT2D eigenvalue weighted by Crippen LogP contribution is -2.32. The molecular formula is C34H27N3O6S2.